The van der Waals surface area contributed by atoms with Crippen molar-refractivity contribution in [1.29, 1.82) is 0 Å². The second-order valence-corrected chi connectivity index (χ2v) is 4.17. The SMILES string of the molecule is COC(=O)c1ccc([N+](=O)[O-])c(OCC(C)C(=O)OC)c1. The van der Waals surface area contributed by atoms with Gasteiger partial charge in [0.25, 0.3) is 0 Å². The van der Waals surface area contributed by atoms with Gasteiger partial charge in [0.05, 0.1) is 30.6 Å². The molecule has 0 radical (unpaired) electrons. The maximum absolute atomic E-state index is 11.4. The molecule has 1 unspecified atom stereocenters. The van der Waals surface area contributed by atoms with Crippen molar-refractivity contribution in [2.75, 3.05) is 20.8 Å². The van der Waals surface area contributed by atoms with E-state index >= 15 is 0 Å². The number of esters is 2. The van der Waals surface area contributed by atoms with Gasteiger partial charge in [-0.05, 0) is 13.0 Å². The van der Waals surface area contributed by atoms with Gasteiger partial charge in [-0.1, -0.05) is 0 Å². The van der Waals surface area contributed by atoms with Gasteiger partial charge in [0.15, 0.2) is 5.75 Å². The van der Waals surface area contributed by atoms with Crippen LogP contribution in [0.5, 0.6) is 5.75 Å². The Morgan fingerprint density at radius 3 is 2.48 bits per heavy atom. The number of benzene rings is 1. The lowest BCUT2D eigenvalue weighted by Gasteiger charge is -2.12. The molecule has 8 nitrogen and oxygen atoms in total. The highest BCUT2D eigenvalue weighted by molar-refractivity contribution is 5.90. The fourth-order valence-electron chi connectivity index (χ4n) is 1.51. The molecule has 0 aliphatic heterocycles. The number of carbonyl (C=O) groups is 2. The zero-order valence-corrected chi connectivity index (χ0v) is 11.8. The molecule has 0 N–H and O–H groups in total. The summed E-state index contributed by atoms with van der Waals surface area (Å²) in [6, 6.07) is 3.61. The minimum absolute atomic E-state index is 0.112. The topological polar surface area (TPSA) is 105 Å². The van der Waals surface area contributed by atoms with E-state index in [1.165, 1.54) is 26.4 Å². The summed E-state index contributed by atoms with van der Waals surface area (Å²) < 4.78 is 14.3. The highest BCUT2D eigenvalue weighted by Gasteiger charge is 2.21. The van der Waals surface area contributed by atoms with Crippen LogP contribution in [-0.4, -0.2) is 37.7 Å². The molecular formula is C13H15NO7. The van der Waals surface area contributed by atoms with Crippen LogP contribution < -0.4 is 4.74 Å². The minimum atomic E-state index is -0.643. The van der Waals surface area contributed by atoms with Crippen molar-refractivity contribution >= 4 is 17.6 Å². The third-order valence-corrected chi connectivity index (χ3v) is 2.67. The first kappa shape index (κ1) is 16.4. The van der Waals surface area contributed by atoms with Crippen LogP contribution in [-0.2, 0) is 14.3 Å². The quantitative estimate of drug-likeness (QED) is 0.445. The molecule has 0 bridgehead atoms. The zero-order chi connectivity index (χ0) is 16.0. The van der Waals surface area contributed by atoms with E-state index in [-0.39, 0.29) is 23.6 Å². The number of hydrogen-bond donors (Lipinski definition) is 0. The molecule has 0 amide bonds. The van der Waals surface area contributed by atoms with Crippen LogP contribution in [0.4, 0.5) is 5.69 Å². The van der Waals surface area contributed by atoms with Crippen molar-refractivity contribution in [2.45, 2.75) is 6.92 Å². The van der Waals surface area contributed by atoms with Gasteiger partial charge in [-0.2, -0.15) is 0 Å². The average molecular weight is 297 g/mol. The van der Waals surface area contributed by atoms with Gasteiger partial charge in [0.1, 0.15) is 6.61 Å². The smallest absolute Gasteiger partial charge is 0.337 e. The Morgan fingerprint density at radius 1 is 1.29 bits per heavy atom. The van der Waals surface area contributed by atoms with E-state index in [1.54, 1.807) is 6.92 Å². The maximum atomic E-state index is 11.4. The largest absolute Gasteiger partial charge is 0.486 e. The standard InChI is InChI=1S/C13H15NO7/c1-8(12(15)19-2)7-21-11-6-9(13(16)20-3)4-5-10(11)14(17)18/h4-6,8H,7H2,1-3H3. The number of hydrogen-bond acceptors (Lipinski definition) is 7. The van der Waals surface area contributed by atoms with Crippen LogP contribution in [0.3, 0.4) is 0 Å². The van der Waals surface area contributed by atoms with E-state index in [4.69, 9.17) is 4.74 Å². The van der Waals surface area contributed by atoms with Crippen LogP contribution in [0.15, 0.2) is 18.2 Å². The second-order valence-electron chi connectivity index (χ2n) is 4.17. The van der Waals surface area contributed by atoms with Crippen LogP contribution in [0.1, 0.15) is 17.3 Å². The number of carbonyl (C=O) groups excluding carboxylic acids is 2. The zero-order valence-electron chi connectivity index (χ0n) is 11.8. The summed E-state index contributed by atoms with van der Waals surface area (Å²) in [5, 5.41) is 10.9. The number of rotatable bonds is 6. The van der Waals surface area contributed by atoms with Gasteiger partial charge < -0.3 is 14.2 Å². The molecule has 0 fully saturated rings. The Morgan fingerprint density at radius 2 is 1.95 bits per heavy atom. The highest BCUT2D eigenvalue weighted by Crippen LogP contribution is 2.28. The molecule has 0 aliphatic rings. The molecule has 1 rings (SSSR count). The first-order chi connectivity index (χ1) is 9.90. The number of nitrogens with zero attached hydrogens (tertiary/aromatic N) is 1. The van der Waals surface area contributed by atoms with Crippen molar-refractivity contribution in [2.24, 2.45) is 5.92 Å². The number of methoxy groups -OCH3 is 2. The van der Waals surface area contributed by atoms with Gasteiger partial charge in [-0.25, -0.2) is 4.79 Å². The number of ether oxygens (including phenoxy) is 3. The Bertz CT molecular complexity index is 555. The summed E-state index contributed by atoms with van der Waals surface area (Å²) in [5.74, 6) is -1.85. The molecule has 114 valence electrons. The predicted molar refractivity (Wildman–Crippen MR) is 71.1 cm³/mol. The Labute approximate surface area is 120 Å². The van der Waals surface area contributed by atoms with E-state index in [2.05, 4.69) is 9.47 Å². The molecule has 1 aromatic rings. The molecule has 0 aromatic heterocycles. The summed E-state index contributed by atoms with van der Waals surface area (Å²) in [6.07, 6.45) is 0. The summed E-state index contributed by atoms with van der Waals surface area (Å²) in [7, 11) is 2.43. The maximum Gasteiger partial charge on any atom is 0.337 e. The monoisotopic (exact) mass is 297 g/mol. The van der Waals surface area contributed by atoms with Crippen LogP contribution in [0.2, 0.25) is 0 Å². The summed E-state index contributed by atoms with van der Waals surface area (Å²) in [6.45, 7) is 1.44. The van der Waals surface area contributed by atoms with E-state index < -0.39 is 22.8 Å². The van der Waals surface area contributed by atoms with Gasteiger partial charge in [-0.3, -0.25) is 14.9 Å². The lowest BCUT2D eigenvalue weighted by molar-refractivity contribution is -0.385. The van der Waals surface area contributed by atoms with Crippen molar-refractivity contribution < 1.29 is 28.7 Å². The minimum Gasteiger partial charge on any atom is -0.486 e. The van der Waals surface area contributed by atoms with E-state index in [1.807, 2.05) is 0 Å². The third kappa shape index (κ3) is 4.16. The Hall–Kier alpha value is -2.64. The van der Waals surface area contributed by atoms with Crippen LogP contribution >= 0.6 is 0 Å². The van der Waals surface area contributed by atoms with Gasteiger partial charge >= 0.3 is 17.6 Å². The van der Waals surface area contributed by atoms with Crippen molar-refractivity contribution in [3.8, 4) is 5.75 Å². The molecule has 0 spiro atoms. The molecule has 0 saturated carbocycles. The van der Waals surface area contributed by atoms with Gasteiger partial charge in [-0.15, -0.1) is 0 Å². The molecule has 21 heavy (non-hydrogen) atoms. The normalized spacial score (nSPS) is 11.4. The van der Waals surface area contributed by atoms with E-state index in [0.29, 0.717) is 0 Å². The summed E-state index contributed by atoms with van der Waals surface area (Å²) >= 11 is 0. The van der Waals surface area contributed by atoms with Crippen molar-refractivity contribution in [3.63, 3.8) is 0 Å². The van der Waals surface area contributed by atoms with Crippen molar-refractivity contribution in [1.82, 2.24) is 0 Å². The van der Waals surface area contributed by atoms with E-state index in [9.17, 15) is 19.7 Å². The average Bonchev–Trinajstić information content (AvgIpc) is 2.50. The fraction of sp³-hybridized carbons (Fsp3) is 0.385. The molecule has 0 saturated heterocycles. The lowest BCUT2D eigenvalue weighted by atomic mass is 10.2. The van der Waals surface area contributed by atoms with Crippen molar-refractivity contribution in [3.05, 3.63) is 33.9 Å². The van der Waals surface area contributed by atoms with Crippen LogP contribution in [0, 0.1) is 16.0 Å². The molecule has 0 heterocycles. The van der Waals surface area contributed by atoms with Gasteiger partial charge in [0.2, 0.25) is 0 Å². The van der Waals surface area contributed by atoms with Crippen LogP contribution in [0.25, 0.3) is 0 Å². The summed E-state index contributed by atoms with van der Waals surface area (Å²) in [5.41, 5.74) is -0.191. The first-order valence-corrected chi connectivity index (χ1v) is 5.98. The molecule has 0 aliphatic carbocycles. The Balaban J connectivity index is 2.99. The molecular weight excluding hydrogens is 282 g/mol. The fourth-order valence-corrected chi connectivity index (χ4v) is 1.51. The summed E-state index contributed by atoms with van der Waals surface area (Å²) in [4.78, 5) is 33.0. The van der Waals surface area contributed by atoms with E-state index in [0.717, 1.165) is 6.07 Å². The number of nitro benzene ring substituents is 1. The Kier molecular flexibility index (Phi) is 5.65. The number of nitro groups is 1. The lowest BCUT2D eigenvalue weighted by Crippen LogP contribution is -2.20. The van der Waals surface area contributed by atoms with Gasteiger partial charge in [0, 0.05) is 12.1 Å². The molecule has 8 heteroatoms. The second kappa shape index (κ2) is 7.22. The predicted octanol–water partition coefficient (Wildman–Crippen LogP) is 1.57. The molecule has 1 aromatic carbocycles. The third-order valence-electron chi connectivity index (χ3n) is 2.67. The highest BCUT2D eigenvalue weighted by atomic mass is 16.6. The first-order valence-electron chi connectivity index (χ1n) is 5.98. The molecule has 1 atom stereocenters.